The normalized spacial score (nSPS) is 11.3. The maximum Gasteiger partial charge on any atom is 0.262 e. The molecule has 0 aromatic heterocycles. The molecule has 0 aliphatic carbocycles. The maximum atomic E-state index is 13.5. The summed E-state index contributed by atoms with van der Waals surface area (Å²) in [5, 5.41) is 0.442. The average Bonchev–Trinajstić information content (AvgIpc) is 2.36. The van der Waals surface area contributed by atoms with E-state index in [0.717, 1.165) is 6.07 Å². The number of anilines is 2. The first-order valence-electron chi connectivity index (χ1n) is 5.32. The number of nitrogen functional groups attached to an aromatic ring is 1. The highest BCUT2D eigenvalue weighted by molar-refractivity contribution is 7.92. The van der Waals surface area contributed by atoms with Crippen molar-refractivity contribution in [3.63, 3.8) is 0 Å². The van der Waals surface area contributed by atoms with Gasteiger partial charge in [-0.25, -0.2) is 12.8 Å². The van der Waals surface area contributed by atoms with Crippen LogP contribution in [0.25, 0.3) is 0 Å². The molecular weight excluding hydrogens is 326 g/mol. The lowest BCUT2D eigenvalue weighted by Gasteiger charge is -2.10. The number of hydrogen-bond donors (Lipinski definition) is 2. The van der Waals surface area contributed by atoms with Gasteiger partial charge in [0.25, 0.3) is 10.0 Å². The Kier molecular flexibility index (Phi) is 4.08. The highest BCUT2D eigenvalue weighted by atomic mass is 35.5. The molecular formula is C12H9Cl2FN2O2S. The minimum absolute atomic E-state index is 0.112. The van der Waals surface area contributed by atoms with Crippen LogP contribution in [0.4, 0.5) is 15.8 Å². The molecule has 20 heavy (non-hydrogen) atoms. The van der Waals surface area contributed by atoms with Gasteiger partial charge in [-0.15, -0.1) is 0 Å². The Morgan fingerprint density at radius 2 is 1.80 bits per heavy atom. The van der Waals surface area contributed by atoms with Crippen molar-refractivity contribution < 1.29 is 12.8 Å². The first-order chi connectivity index (χ1) is 9.29. The first kappa shape index (κ1) is 14.9. The second-order valence-electron chi connectivity index (χ2n) is 3.91. The molecule has 0 fully saturated rings. The summed E-state index contributed by atoms with van der Waals surface area (Å²) in [5.41, 5.74) is 5.41. The monoisotopic (exact) mass is 334 g/mol. The Bertz CT molecular complexity index is 766. The lowest BCUT2D eigenvalue weighted by molar-refractivity contribution is 0.598. The van der Waals surface area contributed by atoms with Crippen molar-refractivity contribution >= 4 is 44.6 Å². The van der Waals surface area contributed by atoms with Crippen LogP contribution in [-0.4, -0.2) is 8.42 Å². The molecule has 2 aromatic rings. The van der Waals surface area contributed by atoms with Gasteiger partial charge in [0, 0.05) is 5.02 Å². The SMILES string of the molecule is Nc1cc(S(=O)(=O)Nc2cc(Cl)ccc2F)ccc1Cl. The van der Waals surface area contributed by atoms with E-state index in [1.165, 1.54) is 30.3 Å². The van der Waals surface area contributed by atoms with E-state index in [4.69, 9.17) is 28.9 Å². The van der Waals surface area contributed by atoms with Gasteiger partial charge in [-0.1, -0.05) is 23.2 Å². The standard InChI is InChI=1S/C12H9Cl2FN2O2S/c13-7-1-4-10(15)12(5-7)17-20(18,19)8-2-3-9(14)11(16)6-8/h1-6,17H,16H2. The van der Waals surface area contributed by atoms with E-state index < -0.39 is 15.8 Å². The zero-order chi connectivity index (χ0) is 14.9. The minimum atomic E-state index is -3.98. The zero-order valence-corrected chi connectivity index (χ0v) is 12.2. The first-order valence-corrected chi connectivity index (χ1v) is 7.56. The summed E-state index contributed by atoms with van der Waals surface area (Å²) in [5.74, 6) is -0.736. The second kappa shape index (κ2) is 5.47. The molecule has 0 bridgehead atoms. The summed E-state index contributed by atoms with van der Waals surface area (Å²) >= 11 is 11.4. The van der Waals surface area contributed by atoms with Gasteiger partial charge in [-0.3, -0.25) is 4.72 Å². The predicted octanol–water partition coefficient (Wildman–Crippen LogP) is 3.52. The van der Waals surface area contributed by atoms with Crippen LogP contribution in [0.2, 0.25) is 10.0 Å². The summed E-state index contributed by atoms with van der Waals surface area (Å²) < 4.78 is 39.9. The topological polar surface area (TPSA) is 72.2 Å². The van der Waals surface area contributed by atoms with Crippen LogP contribution < -0.4 is 10.5 Å². The molecule has 0 amide bonds. The fourth-order valence-electron chi connectivity index (χ4n) is 1.47. The van der Waals surface area contributed by atoms with Gasteiger partial charge in [-0.2, -0.15) is 0 Å². The lowest BCUT2D eigenvalue weighted by atomic mass is 10.3. The molecule has 0 radical (unpaired) electrons. The van der Waals surface area contributed by atoms with Gasteiger partial charge < -0.3 is 5.73 Å². The zero-order valence-electron chi connectivity index (χ0n) is 9.90. The molecule has 0 aliphatic rings. The van der Waals surface area contributed by atoms with E-state index >= 15 is 0 Å². The number of nitrogens with two attached hydrogens (primary N) is 1. The number of benzene rings is 2. The number of sulfonamides is 1. The molecule has 0 heterocycles. The molecule has 0 saturated carbocycles. The van der Waals surface area contributed by atoms with Crippen LogP contribution in [0, 0.1) is 5.82 Å². The van der Waals surface area contributed by atoms with Crippen LogP contribution in [-0.2, 0) is 10.0 Å². The molecule has 106 valence electrons. The minimum Gasteiger partial charge on any atom is -0.397 e. The van der Waals surface area contributed by atoms with Crippen molar-refractivity contribution in [1.82, 2.24) is 0 Å². The van der Waals surface area contributed by atoms with E-state index in [9.17, 15) is 12.8 Å². The van der Waals surface area contributed by atoms with Gasteiger partial charge in [0.2, 0.25) is 0 Å². The molecule has 0 spiro atoms. The van der Waals surface area contributed by atoms with Crippen molar-refractivity contribution in [3.05, 3.63) is 52.3 Å². The molecule has 8 heteroatoms. The van der Waals surface area contributed by atoms with Crippen LogP contribution in [0.3, 0.4) is 0 Å². The van der Waals surface area contributed by atoms with Crippen LogP contribution in [0.5, 0.6) is 0 Å². The summed E-state index contributed by atoms with van der Waals surface area (Å²) in [7, 11) is -3.98. The summed E-state index contributed by atoms with van der Waals surface area (Å²) in [6.45, 7) is 0. The fourth-order valence-corrected chi connectivity index (χ4v) is 2.85. The van der Waals surface area contributed by atoms with E-state index in [-0.39, 0.29) is 26.3 Å². The van der Waals surface area contributed by atoms with Crippen LogP contribution >= 0.6 is 23.2 Å². The van der Waals surface area contributed by atoms with Gasteiger partial charge in [0.15, 0.2) is 0 Å². The molecule has 4 nitrogen and oxygen atoms in total. The molecule has 3 N–H and O–H groups in total. The summed E-state index contributed by atoms with van der Waals surface area (Å²) in [6.07, 6.45) is 0. The van der Waals surface area contributed by atoms with Crippen molar-refractivity contribution in [2.45, 2.75) is 4.90 Å². The highest BCUT2D eigenvalue weighted by Crippen LogP contribution is 2.26. The van der Waals surface area contributed by atoms with E-state index in [0.29, 0.717) is 0 Å². The van der Waals surface area contributed by atoms with Crippen LogP contribution in [0.1, 0.15) is 0 Å². The third-order valence-electron chi connectivity index (χ3n) is 2.45. The van der Waals surface area contributed by atoms with Crippen LogP contribution in [0.15, 0.2) is 41.3 Å². The van der Waals surface area contributed by atoms with Gasteiger partial charge >= 0.3 is 0 Å². The van der Waals surface area contributed by atoms with E-state index in [1.54, 1.807) is 0 Å². The molecule has 0 unspecified atom stereocenters. The van der Waals surface area contributed by atoms with E-state index in [1.807, 2.05) is 0 Å². The van der Waals surface area contributed by atoms with Crippen molar-refractivity contribution in [2.75, 3.05) is 10.5 Å². The third kappa shape index (κ3) is 3.15. The van der Waals surface area contributed by atoms with Gasteiger partial charge in [0.1, 0.15) is 5.82 Å². The molecule has 2 rings (SSSR count). The largest absolute Gasteiger partial charge is 0.397 e. The van der Waals surface area contributed by atoms with Crippen molar-refractivity contribution in [2.24, 2.45) is 0 Å². The average molecular weight is 335 g/mol. The third-order valence-corrected chi connectivity index (χ3v) is 4.39. The summed E-state index contributed by atoms with van der Waals surface area (Å²) in [4.78, 5) is -0.126. The van der Waals surface area contributed by atoms with Gasteiger partial charge in [-0.05, 0) is 36.4 Å². The number of rotatable bonds is 3. The quantitative estimate of drug-likeness (QED) is 0.843. The fraction of sp³-hybridized carbons (Fsp3) is 0. The second-order valence-corrected chi connectivity index (χ2v) is 6.44. The Labute approximate surface area is 125 Å². The molecule has 0 atom stereocenters. The van der Waals surface area contributed by atoms with Crippen molar-refractivity contribution in [3.8, 4) is 0 Å². The predicted molar refractivity (Wildman–Crippen MR) is 78.1 cm³/mol. The maximum absolute atomic E-state index is 13.5. The van der Waals surface area contributed by atoms with Gasteiger partial charge in [0.05, 0.1) is 21.3 Å². The Morgan fingerprint density at radius 3 is 2.45 bits per heavy atom. The van der Waals surface area contributed by atoms with Crippen molar-refractivity contribution in [1.29, 1.82) is 0 Å². The smallest absolute Gasteiger partial charge is 0.262 e. The van der Waals surface area contributed by atoms with E-state index in [2.05, 4.69) is 4.72 Å². The summed E-state index contributed by atoms with van der Waals surface area (Å²) in [6, 6.07) is 7.36. The number of nitrogens with one attached hydrogen (secondary N) is 1. The Hall–Kier alpha value is -1.50. The number of hydrogen-bond acceptors (Lipinski definition) is 3. The molecule has 0 saturated heterocycles. The molecule has 0 aliphatic heterocycles. The highest BCUT2D eigenvalue weighted by Gasteiger charge is 2.17. The Balaban J connectivity index is 2.40. The Morgan fingerprint density at radius 1 is 1.10 bits per heavy atom. The number of halogens is 3. The lowest BCUT2D eigenvalue weighted by Crippen LogP contribution is -2.14. The molecule has 2 aromatic carbocycles.